The first kappa shape index (κ1) is 16.9. The summed E-state index contributed by atoms with van der Waals surface area (Å²) in [5.41, 5.74) is 1.07. The maximum absolute atomic E-state index is 10.3. The molecule has 1 aliphatic heterocycles. The minimum atomic E-state index is -0.902. The Labute approximate surface area is 141 Å². The Morgan fingerprint density at radius 1 is 0.917 bits per heavy atom. The van der Waals surface area contributed by atoms with Crippen molar-refractivity contribution in [3.63, 3.8) is 0 Å². The van der Waals surface area contributed by atoms with Crippen LogP contribution in [0.1, 0.15) is 5.56 Å². The van der Waals surface area contributed by atoms with Crippen LogP contribution in [0.25, 0.3) is 0 Å². The van der Waals surface area contributed by atoms with E-state index in [1.165, 1.54) is 0 Å². The Morgan fingerprint density at radius 2 is 1.58 bits per heavy atom. The van der Waals surface area contributed by atoms with E-state index in [0.717, 1.165) is 5.56 Å². The first-order valence-electron chi connectivity index (χ1n) is 8.05. The van der Waals surface area contributed by atoms with Gasteiger partial charge < -0.3 is 24.4 Å². The van der Waals surface area contributed by atoms with Crippen molar-refractivity contribution in [3.05, 3.63) is 66.2 Å². The summed E-state index contributed by atoms with van der Waals surface area (Å²) in [6, 6.07) is 19.1. The highest BCUT2D eigenvalue weighted by molar-refractivity contribution is 5.22. The molecule has 0 saturated carbocycles. The topological polar surface area (TPSA) is 68.2 Å². The Kier molecular flexibility index (Phi) is 5.82. The van der Waals surface area contributed by atoms with Gasteiger partial charge >= 0.3 is 0 Å². The molecule has 4 atom stereocenters. The fourth-order valence-electron chi connectivity index (χ4n) is 2.77. The van der Waals surface area contributed by atoms with E-state index < -0.39 is 24.4 Å². The smallest absolute Gasteiger partial charge is 0.155 e. The molecule has 0 amide bonds. The van der Waals surface area contributed by atoms with Gasteiger partial charge in [-0.2, -0.15) is 0 Å². The predicted molar refractivity (Wildman–Crippen MR) is 88.7 cm³/mol. The molecule has 128 valence electrons. The quantitative estimate of drug-likeness (QED) is 0.810. The summed E-state index contributed by atoms with van der Waals surface area (Å²) in [4.78, 5) is 0. The lowest BCUT2D eigenvalue weighted by Gasteiger charge is -2.22. The van der Waals surface area contributed by atoms with Crippen LogP contribution < -0.4 is 4.74 Å². The highest BCUT2D eigenvalue weighted by Gasteiger charge is 2.45. The summed E-state index contributed by atoms with van der Waals surface area (Å²) < 4.78 is 17.3. The van der Waals surface area contributed by atoms with Gasteiger partial charge in [0.05, 0.1) is 19.8 Å². The molecule has 2 aromatic carbocycles. The molecule has 0 bridgehead atoms. The Bertz CT molecular complexity index is 604. The van der Waals surface area contributed by atoms with Crippen LogP contribution >= 0.6 is 0 Å². The van der Waals surface area contributed by atoms with Crippen LogP contribution in [0.4, 0.5) is 0 Å². The molecule has 0 spiro atoms. The molecule has 2 aromatic rings. The maximum atomic E-state index is 10.3. The third-order valence-corrected chi connectivity index (χ3v) is 4.02. The van der Waals surface area contributed by atoms with Crippen LogP contribution in [-0.4, -0.2) is 47.8 Å². The van der Waals surface area contributed by atoms with E-state index in [9.17, 15) is 10.2 Å². The summed E-state index contributed by atoms with van der Waals surface area (Å²) in [5.74, 6) is 0.650. The van der Waals surface area contributed by atoms with E-state index in [-0.39, 0.29) is 13.2 Å². The minimum Gasteiger partial charge on any atom is -0.485 e. The number of ether oxygens (including phenoxy) is 3. The highest BCUT2D eigenvalue weighted by Crippen LogP contribution is 2.26. The lowest BCUT2D eigenvalue weighted by Crippen LogP contribution is -2.40. The zero-order valence-corrected chi connectivity index (χ0v) is 13.3. The van der Waals surface area contributed by atoms with E-state index in [2.05, 4.69) is 0 Å². The van der Waals surface area contributed by atoms with Crippen molar-refractivity contribution in [1.29, 1.82) is 0 Å². The van der Waals surface area contributed by atoms with Crippen LogP contribution in [-0.2, 0) is 16.1 Å². The molecule has 2 N–H and O–H groups in total. The van der Waals surface area contributed by atoms with Gasteiger partial charge in [-0.15, -0.1) is 0 Å². The SMILES string of the molecule is OC[C@H]1O[C@@H](COCc2ccccc2)[C@@H](Oc2ccccc2)[C@@H]1O. The second-order valence-electron chi connectivity index (χ2n) is 5.78. The van der Waals surface area contributed by atoms with E-state index in [4.69, 9.17) is 14.2 Å². The molecule has 5 heteroatoms. The first-order valence-corrected chi connectivity index (χ1v) is 8.05. The van der Waals surface area contributed by atoms with Crippen molar-refractivity contribution < 1.29 is 24.4 Å². The van der Waals surface area contributed by atoms with E-state index >= 15 is 0 Å². The van der Waals surface area contributed by atoms with Crippen molar-refractivity contribution in [2.24, 2.45) is 0 Å². The average Bonchev–Trinajstić information content (AvgIpc) is 2.92. The lowest BCUT2D eigenvalue weighted by atomic mass is 10.1. The zero-order chi connectivity index (χ0) is 16.8. The molecule has 1 aliphatic rings. The molecule has 1 heterocycles. The average molecular weight is 330 g/mol. The van der Waals surface area contributed by atoms with E-state index in [1.807, 2.05) is 60.7 Å². The fourth-order valence-corrected chi connectivity index (χ4v) is 2.77. The summed E-state index contributed by atoms with van der Waals surface area (Å²) in [7, 11) is 0. The van der Waals surface area contributed by atoms with Gasteiger partial charge in [0.15, 0.2) is 6.10 Å². The molecule has 5 nitrogen and oxygen atoms in total. The molecule has 24 heavy (non-hydrogen) atoms. The van der Waals surface area contributed by atoms with Crippen molar-refractivity contribution in [1.82, 2.24) is 0 Å². The highest BCUT2D eigenvalue weighted by atomic mass is 16.6. The maximum Gasteiger partial charge on any atom is 0.155 e. The van der Waals surface area contributed by atoms with Gasteiger partial charge in [-0.05, 0) is 17.7 Å². The molecular formula is C19H22O5. The number of aliphatic hydroxyl groups excluding tert-OH is 2. The van der Waals surface area contributed by atoms with Gasteiger partial charge in [0.2, 0.25) is 0 Å². The summed E-state index contributed by atoms with van der Waals surface area (Å²) in [6.07, 6.45) is -2.59. The minimum absolute atomic E-state index is 0.259. The molecule has 0 aliphatic carbocycles. The molecule has 3 rings (SSSR count). The van der Waals surface area contributed by atoms with Gasteiger partial charge in [-0.25, -0.2) is 0 Å². The van der Waals surface area contributed by atoms with Crippen LogP contribution in [0.2, 0.25) is 0 Å². The molecule has 1 fully saturated rings. The fraction of sp³-hybridized carbons (Fsp3) is 0.368. The van der Waals surface area contributed by atoms with Gasteiger partial charge in [0.25, 0.3) is 0 Å². The van der Waals surface area contributed by atoms with Crippen molar-refractivity contribution in [3.8, 4) is 5.75 Å². The van der Waals surface area contributed by atoms with Crippen LogP contribution in [0.3, 0.4) is 0 Å². The predicted octanol–water partition coefficient (Wildman–Crippen LogP) is 1.77. The first-order chi connectivity index (χ1) is 11.8. The molecule has 0 radical (unpaired) electrons. The van der Waals surface area contributed by atoms with Crippen molar-refractivity contribution in [2.45, 2.75) is 31.0 Å². The van der Waals surface area contributed by atoms with Gasteiger partial charge in [0.1, 0.15) is 24.1 Å². The number of aliphatic hydroxyl groups is 2. The summed E-state index contributed by atoms with van der Waals surface area (Å²) in [5, 5.41) is 19.7. The molecule has 1 saturated heterocycles. The third kappa shape index (κ3) is 4.13. The number of para-hydroxylation sites is 1. The second-order valence-corrected chi connectivity index (χ2v) is 5.78. The van der Waals surface area contributed by atoms with E-state index in [0.29, 0.717) is 12.4 Å². The van der Waals surface area contributed by atoms with Crippen LogP contribution in [0, 0.1) is 0 Å². The van der Waals surface area contributed by atoms with E-state index in [1.54, 1.807) is 0 Å². The monoisotopic (exact) mass is 330 g/mol. The number of hydrogen-bond donors (Lipinski definition) is 2. The standard InChI is InChI=1S/C19H22O5/c20-11-16-18(21)19(23-15-9-5-2-6-10-15)17(24-16)13-22-12-14-7-3-1-4-8-14/h1-10,16-21H,11-13H2/t16-,17+,18-,19-/m1/s1. The number of benzene rings is 2. The van der Waals surface area contributed by atoms with Crippen molar-refractivity contribution >= 4 is 0 Å². The number of rotatable bonds is 7. The summed E-state index contributed by atoms with van der Waals surface area (Å²) in [6.45, 7) is 0.476. The lowest BCUT2D eigenvalue weighted by molar-refractivity contribution is -0.0566. The third-order valence-electron chi connectivity index (χ3n) is 4.02. The molecule has 0 unspecified atom stereocenters. The number of hydrogen-bond acceptors (Lipinski definition) is 5. The largest absolute Gasteiger partial charge is 0.485 e. The Hall–Kier alpha value is -1.92. The van der Waals surface area contributed by atoms with Gasteiger partial charge in [0, 0.05) is 0 Å². The Balaban J connectivity index is 1.60. The van der Waals surface area contributed by atoms with Crippen molar-refractivity contribution in [2.75, 3.05) is 13.2 Å². The molecule has 0 aromatic heterocycles. The second kappa shape index (κ2) is 8.26. The Morgan fingerprint density at radius 3 is 2.25 bits per heavy atom. The molecular weight excluding hydrogens is 308 g/mol. The zero-order valence-electron chi connectivity index (χ0n) is 13.3. The van der Waals surface area contributed by atoms with Crippen LogP contribution in [0.5, 0.6) is 5.75 Å². The normalized spacial score (nSPS) is 26.4. The van der Waals surface area contributed by atoms with Crippen LogP contribution in [0.15, 0.2) is 60.7 Å². The summed E-state index contributed by atoms with van der Waals surface area (Å²) >= 11 is 0. The van der Waals surface area contributed by atoms with Gasteiger partial charge in [-0.1, -0.05) is 48.5 Å². The van der Waals surface area contributed by atoms with Gasteiger partial charge in [-0.3, -0.25) is 0 Å².